The van der Waals surface area contributed by atoms with Gasteiger partial charge in [-0.2, -0.15) is 0 Å². The summed E-state index contributed by atoms with van der Waals surface area (Å²) in [5, 5.41) is 0. The molecule has 0 spiro atoms. The fourth-order valence-electron chi connectivity index (χ4n) is 6.28. The molecule has 0 aliphatic heterocycles. The first-order valence-corrected chi connectivity index (χ1v) is 12.7. The van der Waals surface area contributed by atoms with Crippen molar-refractivity contribution in [2.45, 2.75) is 83.5 Å². The third-order valence-corrected chi connectivity index (χ3v) is 8.11. The van der Waals surface area contributed by atoms with Crippen molar-refractivity contribution in [1.82, 2.24) is 0 Å². The van der Waals surface area contributed by atoms with Crippen molar-refractivity contribution >= 4 is 0 Å². The highest BCUT2D eigenvalue weighted by Gasteiger charge is 2.35. The first-order valence-electron chi connectivity index (χ1n) is 12.7. The SMILES string of the molecule is CCCCCCC1CCC2CC(c3ccc(-c4cc(F)c(OC)c(F)c4)cc3)CCC2C1. The third kappa shape index (κ3) is 5.35. The number of halogens is 2. The molecule has 0 bridgehead atoms. The van der Waals surface area contributed by atoms with Crippen LogP contribution in [0.2, 0.25) is 0 Å². The van der Waals surface area contributed by atoms with Crippen LogP contribution in [0.5, 0.6) is 5.75 Å². The van der Waals surface area contributed by atoms with Crippen molar-refractivity contribution < 1.29 is 13.5 Å². The second kappa shape index (κ2) is 10.8. The van der Waals surface area contributed by atoms with Crippen LogP contribution in [0.1, 0.15) is 89.0 Å². The van der Waals surface area contributed by atoms with Crippen LogP contribution in [0.15, 0.2) is 36.4 Å². The molecule has 0 saturated heterocycles. The van der Waals surface area contributed by atoms with Gasteiger partial charge in [-0.25, -0.2) is 8.78 Å². The Hall–Kier alpha value is -1.90. The Morgan fingerprint density at radius 3 is 2.19 bits per heavy atom. The number of benzene rings is 2. The molecule has 0 N–H and O–H groups in total. The van der Waals surface area contributed by atoms with Gasteiger partial charge in [0.2, 0.25) is 0 Å². The van der Waals surface area contributed by atoms with Gasteiger partial charge in [-0.15, -0.1) is 0 Å². The molecule has 2 saturated carbocycles. The maximum Gasteiger partial charge on any atom is 0.190 e. The lowest BCUT2D eigenvalue weighted by molar-refractivity contribution is 0.113. The zero-order valence-corrected chi connectivity index (χ0v) is 19.7. The molecular weight excluding hydrogens is 402 g/mol. The molecule has 1 nitrogen and oxygen atoms in total. The van der Waals surface area contributed by atoms with Crippen molar-refractivity contribution in [3.05, 3.63) is 53.6 Å². The van der Waals surface area contributed by atoms with Gasteiger partial charge in [-0.1, -0.05) is 69.7 Å². The minimum atomic E-state index is -0.661. The van der Waals surface area contributed by atoms with E-state index >= 15 is 0 Å². The largest absolute Gasteiger partial charge is 0.491 e. The Labute approximate surface area is 192 Å². The molecule has 4 unspecified atom stereocenters. The second-order valence-corrected chi connectivity index (χ2v) is 10.2. The van der Waals surface area contributed by atoms with Crippen LogP contribution in [0.4, 0.5) is 8.78 Å². The van der Waals surface area contributed by atoms with E-state index in [2.05, 4.69) is 19.1 Å². The summed E-state index contributed by atoms with van der Waals surface area (Å²) in [6, 6.07) is 11.1. The van der Waals surface area contributed by atoms with Crippen molar-refractivity contribution in [1.29, 1.82) is 0 Å². The van der Waals surface area contributed by atoms with Crippen LogP contribution < -0.4 is 4.74 Å². The quantitative estimate of drug-likeness (QED) is 0.372. The highest BCUT2D eigenvalue weighted by molar-refractivity contribution is 5.65. The van der Waals surface area contributed by atoms with E-state index in [0.717, 1.165) is 23.3 Å². The fraction of sp³-hybridized carbons (Fsp3) is 0.586. The molecule has 2 aliphatic rings. The van der Waals surface area contributed by atoms with Crippen LogP contribution in [0, 0.1) is 29.4 Å². The topological polar surface area (TPSA) is 9.23 Å². The van der Waals surface area contributed by atoms with Crippen LogP contribution in [0.3, 0.4) is 0 Å². The van der Waals surface area contributed by atoms with E-state index in [1.54, 1.807) is 0 Å². The van der Waals surface area contributed by atoms with Crippen molar-refractivity contribution in [3.63, 3.8) is 0 Å². The Kier molecular flexibility index (Phi) is 7.86. The number of hydrogen-bond donors (Lipinski definition) is 0. The summed E-state index contributed by atoms with van der Waals surface area (Å²) >= 11 is 0. The lowest BCUT2D eigenvalue weighted by Gasteiger charge is -2.42. The van der Waals surface area contributed by atoms with Crippen LogP contribution in [-0.2, 0) is 0 Å². The number of fused-ring (bicyclic) bond motifs is 1. The third-order valence-electron chi connectivity index (χ3n) is 8.11. The molecule has 174 valence electrons. The molecule has 4 rings (SSSR count). The van der Waals surface area contributed by atoms with E-state index in [-0.39, 0.29) is 5.75 Å². The average Bonchev–Trinajstić information content (AvgIpc) is 2.81. The van der Waals surface area contributed by atoms with Gasteiger partial charge in [-0.3, -0.25) is 0 Å². The number of rotatable bonds is 8. The molecule has 4 atom stereocenters. The molecule has 2 aromatic rings. The van der Waals surface area contributed by atoms with Gasteiger partial charge in [-0.05, 0) is 84.6 Å². The molecule has 2 aromatic carbocycles. The maximum atomic E-state index is 14.1. The highest BCUT2D eigenvalue weighted by atomic mass is 19.1. The average molecular weight is 441 g/mol. The second-order valence-electron chi connectivity index (χ2n) is 10.2. The van der Waals surface area contributed by atoms with E-state index in [1.165, 1.54) is 95.4 Å². The Morgan fingerprint density at radius 1 is 0.812 bits per heavy atom. The summed E-state index contributed by atoms with van der Waals surface area (Å²) < 4.78 is 33.0. The van der Waals surface area contributed by atoms with E-state index in [1.807, 2.05) is 12.1 Å². The first kappa shape index (κ1) is 23.3. The molecular formula is C29H38F2O. The van der Waals surface area contributed by atoms with Gasteiger partial charge in [0.25, 0.3) is 0 Å². The monoisotopic (exact) mass is 440 g/mol. The Morgan fingerprint density at radius 2 is 1.50 bits per heavy atom. The van der Waals surface area contributed by atoms with Crippen molar-refractivity contribution in [2.75, 3.05) is 7.11 Å². The Bertz CT molecular complexity index is 852. The molecule has 32 heavy (non-hydrogen) atoms. The van der Waals surface area contributed by atoms with E-state index < -0.39 is 11.6 Å². The lowest BCUT2D eigenvalue weighted by atomic mass is 9.63. The molecule has 0 aromatic heterocycles. The molecule has 0 amide bonds. The summed E-state index contributed by atoms with van der Waals surface area (Å²) in [6.45, 7) is 2.29. The van der Waals surface area contributed by atoms with Gasteiger partial charge in [0.05, 0.1) is 7.11 Å². The van der Waals surface area contributed by atoms with E-state index in [0.29, 0.717) is 11.5 Å². The summed E-state index contributed by atoms with van der Waals surface area (Å²) in [7, 11) is 1.28. The first-order chi connectivity index (χ1) is 15.6. The van der Waals surface area contributed by atoms with Gasteiger partial charge >= 0.3 is 0 Å². The molecule has 3 heteroatoms. The van der Waals surface area contributed by atoms with Crippen molar-refractivity contribution in [2.24, 2.45) is 17.8 Å². The fourth-order valence-corrected chi connectivity index (χ4v) is 6.28. The minimum absolute atomic E-state index is 0.321. The maximum absolute atomic E-state index is 14.1. The van der Waals surface area contributed by atoms with Crippen LogP contribution >= 0.6 is 0 Å². The predicted octanol–water partition coefficient (Wildman–Crippen LogP) is 8.91. The molecule has 2 fully saturated rings. The molecule has 0 radical (unpaired) electrons. The summed E-state index contributed by atoms with van der Waals surface area (Å²) in [5.41, 5.74) is 2.77. The Balaban J connectivity index is 1.34. The zero-order chi connectivity index (χ0) is 22.5. The summed E-state index contributed by atoms with van der Waals surface area (Å²) in [6.07, 6.45) is 15.2. The van der Waals surface area contributed by atoms with Gasteiger partial charge in [0.15, 0.2) is 17.4 Å². The number of methoxy groups -OCH3 is 1. The smallest absolute Gasteiger partial charge is 0.190 e. The predicted molar refractivity (Wildman–Crippen MR) is 128 cm³/mol. The standard InChI is InChI=1S/C29H38F2O/c1-3-4-5-6-7-20-8-9-25-17-24(15-14-23(25)16-20)21-10-12-22(13-11-21)26-18-27(30)29(32-2)28(31)19-26/h10-13,18-20,23-25H,3-9,14-17H2,1-2H3. The zero-order valence-electron chi connectivity index (χ0n) is 19.7. The normalized spacial score (nSPS) is 25.4. The molecule has 0 heterocycles. The van der Waals surface area contributed by atoms with E-state index in [4.69, 9.17) is 4.74 Å². The summed E-state index contributed by atoms with van der Waals surface area (Å²) in [5.74, 6) is 1.75. The van der Waals surface area contributed by atoms with E-state index in [9.17, 15) is 8.78 Å². The molecule has 2 aliphatic carbocycles. The lowest BCUT2D eigenvalue weighted by Crippen LogP contribution is -2.30. The van der Waals surface area contributed by atoms with Gasteiger partial charge in [0.1, 0.15) is 0 Å². The van der Waals surface area contributed by atoms with Gasteiger partial charge < -0.3 is 4.74 Å². The van der Waals surface area contributed by atoms with Crippen LogP contribution in [-0.4, -0.2) is 7.11 Å². The number of unbranched alkanes of at least 4 members (excludes halogenated alkanes) is 3. The number of hydrogen-bond acceptors (Lipinski definition) is 1. The summed E-state index contributed by atoms with van der Waals surface area (Å²) in [4.78, 5) is 0. The number of ether oxygens (including phenoxy) is 1. The van der Waals surface area contributed by atoms with Gasteiger partial charge in [0, 0.05) is 0 Å². The highest BCUT2D eigenvalue weighted by Crippen LogP contribution is 2.48. The van der Waals surface area contributed by atoms with Crippen molar-refractivity contribution in [3.8, 4) is 16.9 Å². The minimum Gasteiger partial charge on any atom is -0.491 e. The van der Waals surface area contributed by atoms with Crippen LogP contribution in [0.25, 0.3) is 11.1 Å².